The van der Waals surface area contributed by atoms with Crippen LogP contribution in [0, 0.1) is 5.82 Å². The van der Waals surface area contributed by atoms with E-state index >= 15 is 0 Å². The number of nitrogens with zero attached hydrogens (tertiary/aromatic N) is 2. The van der Waals surface area contributed by atoms with E-state index in [-0.39, 0.29) is 5.82 Å². The van der Waals surface area contributed by atoms with Crippen LogP contribution in [-0.2, 0) is 0 Å². The van der Waals surface area contributed by atoms with Gasteiger partial charge >= 0.3 is 0 Å². The van der Waals surface area contributed by atoms with Crippen LogP contribution in [0.25, 0.3) is 11.0 Å². The molecule has 0 saturated carbocycles. The number of rotatable bonds is 6. The zero-order valence-electron chi connectivity index (χ0n) is 16.4. The van der Waals surface area contributed by atoms with Crippen LogP contribution in [0.5, 0.6) is 5.75 Å². The highest BCUT2D eigenvalue weighted by molar-refractivity contribution is 5.80. The van der Waals surface area contributed by atoms with E-state index in [0.717, 1.165) is 54.9 Å². The van der Waals surface area contributed by atoms with Crippen LogP contribution in [0.1, 0.15) is 37.8 Å². The summed E-state index contributed by atoms with van der Waals surface area (Å²) in [6, 6.07) is 10.8. The summed E-state index contributed by atoms with van der Waals surface area (Å²) in [7, 11) is 1.94. The Hall–Kier alpha value is -2.76. The largest absolute Gasteiger partial charge is 0.491 e. The maximum Gasteiger partial charge on any atom is 0.170 e. The Morgan fingerprint density at radius 3 is 2.82 bits per heavy atom. The lowest BCUT2D eigenvalue weighted by atomic mass is 9.91. The number of benzene rings is 2. The maximum absolute atomic E-state index is 13.4. The molecule has 5 nitrogen and oxygen atoms in total. The Morgan fingerprint density at radius 1 is 1.25 bits per heavy atom. The van der Waals surface area contributed by atoms with Crippen LogP contribution in [0.15, 0.2) is 40.9 Å². The number of aromatic nitrogens is 1. The maximum atomic E-state index is 13.4. The number of piperidine rings is 1. The highest BCUT2D eigenvalue weighted by atomic mass is 19.1. The first-order valence-electron chi connectivity index (χ1n) is 9.94. The molecule has 4 rings (SSSR count). The minimum absolute atomic E-state index is 0.296. The number of anilines is 2. The van der Waals surface area contributed by atoms with E-state index in [1.807, 2.05) is 19.2 Å². The molecule has 148 valence electrons. The third kappa shape index (κ3) is 3.51. The van der Waals surface area contributed by atoms with E-state index in [2.05, 4.69) is 28.4 Å². The van der Waals surface area contributed by atoms with E-state index in [4.69, 9.17) is 9.26 Å². The Balaban J connectivity index is 1.51. The Kier molecular flexibility index (Phi) is 5.37. The third-order valence-electron chi connectivity index (χ3n) is 5.40. The van der Waals surface area contributed by atoms with Crippen molar-refractivity contribution < 1.29 is 13.7 Å². The monoisotopic (exact) mass is 383 g/mol. The smallest absolute Gasteiger partial charge is 0.170 e. The molecule has 1 fully saturated rings. The molecule has 0 aliphatic carbocycles. The second-order valence-corrected chi connectivity index (χ2v) is 7.22. The van der Waals surface area contributed by atoms with Crippen molar-refractivity contribution in [3.05, 3.63) is 47.9 Å². The number of hydrogen-bond donors (Lipinski definition) is 1. The van der Waals surface area contributed by atoms with Crippen LogP contribution < -0.4 is 15.0 Å². The summed E-state index contributed by atoms with van der Waals surface area (Å²) in [6.07, 6.45) is 2.93. The van der Waals surface area contributed by atoms with Crippen molar-refractivity contribution in [3.63, 3.8) is 0 Å². The molecule has 0 spiro atoms. The van der Waals surface area contributed by atoms with Gasteiger partial charge in [0, 0.05) is 37.5 Å². The van der Waals surface area contributed by atoms with E-state index in [1.165, 1.54) is 17.8 Å². The second kappa shape index (κ2) is 8.09. The fourth-order valence-electron chi connectivity index (χ4n) is 3.99. The zero-order chi connectivity index (χ0) is 19.5. The van der Waals surface area contributed by atoms with Crippen LogP contribution in [0.3, 0.4) is 0 Å². The van der Waals surface area contributed by atoms with Gasteiger partial charge in [-0.2, -0.15) is 0 Å². The summed E-state index contributed by atoms with van der Waals surface area (Å²) in [5, 5.41) is 8.48. The number of nitrogens with one attached hydrogen (secondary N) is 1. The number of fused-ring (bicyclic) bond motifs is 1. The van der Waals surface area contributed by atoms with E-state index in [1.54, 1.807) is 6.07 Å². The van der Waals surface area contributed by atoms with Crippen molar-refractivity contribution in [1.29, 1.82) is 0 Å². The van der Waals surface area contributed by atoms with Crippen molar-refractivity contribution in [2.75, 3.05) is 37.0 Å². The third-order valence-corrected chi connectivity index (χ3v) is 5.40. The molecular formula is C22H26FN3O2. The molecule has 1 aromatic heterocycles. The highest BCUT2D eigenvalue weighted by Crippen LogP contribution is 2.39. The van der Waals surface area contributed by atoms with Crippen LogP contribution >= 0.6 is 0 Å². The quantitative estimate of drug-likeness (QED) is 0.635. The zero-order valence-corrected chi connectivity index (χ0v) is 16.4. The van der Waals surface area contributed by atoms with Gasteiger partial charge in [-0.15, -0.1) is 0 Å². The lowest BCUT2D eigenvalue weighted by molar-refractivity contribution is 0.319. The molecule has 1 aliphatic rings. The van der Waals surface area contributed by atoms with Gasteiger partial charge in [-0.3, -0.25) is 0 Å². The molecular weight excluding hydrogens is 357 g/mol. The van der Waals surface area contributed by atoms with E-state index < -0.39 is 0 Å². The highest BCUT2D eigenvalue weighted by Gasteiger charge is 2.26. The van der Waals surface area contributed by atoms with Crippen molar-refractivity contribution in [2.24, 2.45) is 0 Å². The first-order valence-corrected chi connectivity index (χ1v) is 9.94. The molecule has 0 radical (unpaired) electrons. The summed E-state index contributed by atoms with van der Waals surface area (Å²) in [4.78, 5) is 2.39. The summed E-state index contributed by atoms with van der Waals surface area (Å²) >= 11 is 0. The van der Waals surface area contributed by atoms with Crippen LogP contribution in [0.4, 0.5) is 15.8 Å². The molecule has 1 aliphatic heterocycles. The van der Waals surface area contributed by atoms with Gasteiger partial charge in [-0.05, 0) is 43.5 Å². The lowest BCUT2D eigenvalue weighted by Gasteiger charge is -2.34. The summed E-state index contributed by atoms with van der Waals surface area (Å²) < 4.78 is 24.7. The average molecular weight is 383 g/mol. The Bertz CT molecular complexity index is 948. The van der Waals surface area contributed by atoms with Gasteiger partial charge in [0.1, 0.15) is 17.3 Å². The average Bonchev–Trinajstić information content (AvgIpc) is 3.15. The lowest BCUT2D eigenvalue weighted by Crippen LogP contribution is -2.33. The summed E-state index contributed by atoms with van der Waals surface area (Å²) in [6.45, 7) is 4.66. The fourth-order valence-corrected chi connectivity index (χ4v) is 3.99. The van der Waals surface area contributed by atoms with Crippen molar-refractivity contribution in [3.8, 4) is 5.75 Å². The van der Waals surface area contributed by atoms with Gasteiger partial charge in [0.25, 0.3) is 0 Å². The normalized spacial score (nSPS) is 15.2. The standard InChI is InChI=1S/C22H26FN3O2/c1-3-13-27-19-6-4-5-18(22(19)24-2)26-11-9-15(10-12-26)21-17-8-7-16(23)14-20(17)28-25-21/h4-8,14-15,24H,3,9-13H2,1-2H3. The van der Waals surface area contributed by atoms with Crippen LogP contribution in [0.2, 0.25) is 0 Å². The molecule has 0 unspecified atom stereocenters. The number of halogens is 1. The van der Waals surface area contributed by atoms with Crippen molar-refractivity contribution >= 4 is 22.3 Å². The van der Waals surface area contributed by atoms with Gasteiger partial charge in [0.2, 0.25) is 0 Å². The first-order chi connectivity index (χ1) is 13.7. The fraction of sp³-hybridized carbons (Fsp3) is 0.409. The van der Waals surface area contributed by atoms with E-state index in [9.17, 15) is 4.39 Å². The van der Waals surface area contributed by atoms with Crippen molar-refractivity contribution in [1.82, 2.24) is 5.16 Å². The Morgan fingerprint density at radius 2 is 2.07 bits per heavy atom. The SMILES string of the molecule is CCCOc1cccc(N2CCC(c3noc4cc(F)ccc34)CC2)c1NC. The molecule has 6 heteroatoms. The topological polar surface area (TPSA) is 50.5 Å². The second-order valence-electron chi connectivity index (χ2n) is 7.22. The number of para-hydroxylation sites is 1. The minimum Gasteiger partial charge on any atom is -0.491 e. The predicted octanol–water partition coefficient (Wildman–Crippen LogP) is 5.18. The molecule has 1 saturated heterocycles. The Labute approximate surface area is 164 Å². The van der Waals surface area contributed by atoms with Crippen molar-refractivity contribution in [2.45, 2.75) is 32.1 Å². The molecule has 3 aromatic rings. The van der Waals surface area contributed by atoms with Gasteiger partial charge in [0.15, 0.2) is 5.58 Å². The minimum atomic E-state index is -0.296. The van der Waals surface area contributed by atoms with Gasteiger partial charge < -0.3 is 19.5 Å². The molecule has 28 heavy (non-hydrogen) atoms. The molecule has 0 bridgehead atoms. The number of ether oxygens (including phenoxy) is 1. The van der Waals surface area contributed by atoms with Gasteiger partial charge in [0.05, 0.1) is 18.0 Å². The molecule has 1 N–H and O–H groups in total. The van der Waals surface area contributed by atoms with Gasteiger partial charge in [-0.1, -0.05) is 18.1 Å². The molecule has 2 heterocycles. The molecule has 2 aromatic carbocycles. The van der Waals surface area contributed by atoms with E-state index in [0.29, 0.717) is 18.1 Å². The number of hydrogen-bond acceptors (Lipinski definition) is 5. The molecule has 0 atom stereocenters. The molecule has 0 amide bonds. The predicted molar refractivity (Wildman–Crippen MR) is 110 cm³/mol. The first kappa shape index (κ1) is 18.6. The van der Waals surface area contributed by atoms with Gasteiger partial charge in [-0.25, -0.2) is 4.39 Å². The summed E-state index contributed by atoms with van der Waals surface area (Å²) in [5.74, 6) is 0.920. The van der Waals surface area contributed by atoms with Crippen LogP contribution in [-0.4, -0.2) is 31.9 Å². The summed E-state index contributed by atoms with van der Waals surface area (Å²) in [5.41, 5.74) is 3.68.